The number of nitrogens with one attached hydrogen (secondary N) is 6. The lowest BCUT2D eigenvalue weighted by molar-refractivity contribution is -0.142. The van der Waals surface area contributed by atoms with E-state index in [1.165, 1.54) is 0 Å². The summed E-state index contributed by atoms with van der Waals surface area (Å²) in [7, 11) is 3.37. The first-order valence-electron chi connectivity index (χ1n) is 25.8. The fraction of sp³-hybridized carbons (Fsp3) is 0.630. The Bertz CT molecular complexity index is 1980. The van der Waals surface area contributed by atoms with Crippen LogP contribution < -0.4 is 31.9 Å². The normalized spacial score (nSPS) is 17.5. The Labute approximate surface area is 427 Å². The third-order valence-corrected chi connectivity index (χ3v) is 13.8. The maximum Gasteiger partial charge on any atom is 0.246 e. The first-order valence-corrected chi connectivity index (χ1v) is 25.8. The molecule has 72 heavy (non-hydrogen) atoms. The quantitative estimate of drug-likeness (QED) is 0.0853. The van der Waals surface area contributed by atoms with Crippen LogP contribution in [0.2, 0.25) is 0 Å². The van der Waals surface area contributed by atoms with Crippen LogP contribution in [0.25, 0.3) is 0 Å². The van der Waals surface area contributed by atoms with E-state index in [9.17, 15) is 38.4 Å². The Morgan fingerprint density at radius 1 is 0.569 bits per heavy atom. The summed E-state index contributed by atoms with van der Waals surface area (Å²) >= 11 is 0. The van der Waals surface area contributed by atoms with Gasteiger partial charge in [-0.3, -0.25) is 38.4 Å². The number of rotatable bonds is 25. The lowest BCUT2D eigenvalue weighted by Crippen LogP contribution is -2.59. The third kappa shape index (κ3) is 18.0. The Morgan fingerprint density at radius 2 is 0.917 bits per heavy atom. The van der Waals surface area contributed by atoms with Gasteiger partial charge in [0.25, 0.3) is 0 Å². The Kier molecular flexibility index (Phi) is 22.7. The maximum absolute atomic E-state index is 14.2. The largest absolute Gasteiger partial charge is 0.347 e. The highest BCUT2D eigenvalue weighted by Gasteiger charge is 2.42. The highest BCUT2D eigenvalue weighted by Crippen LogP contribution is 2.28. The van der Waals surface area contributed by atoms with Crippen molar-refractivity contribution in [3.63, 3.8) is 0 Å². The number of hydrogen-bond donors (Lipinski definition) is 6. The summed E-state index contributed by atoms with van der Waals surface area (Å²) in [6.07, 6.45) is 3.48. The zero-order valence-electron chi connectivity index (χ0n) is 44.6. The highest BCUT2D eigenvalue weighted by atomic mass is 16.2. The molecule has 2 saturated heterocycles. The molecule has 0 aromatic heterocycles. The summed E-state index contributed by atoms with van der Waals surface area (Å²) in [4.78, 5) is 115. The van der Waals surface area contributed by atoms with Crippen molar-refractivity contribution >= 4 is 47.3 Å². The molecule has 2 aromatic carbocycles. The smallest absolute Gasteiger partial charge is 0.246 e. The van der Waals surface area contributed by atoms with Gasteiger partial charge in [-0.05, 0) is 88.4 Å². The second-order valence-electron chi connectivity index (χ2n) is 21.5. The Hall–Kier alpha value is -5.88. The van der Waals surface area contributed by atoms with Crippen LogP contribution in [0.1, 0.15) is 105 Å². The summed E-state index contributed by atoms with van der Waals surface area (Å²) in [5.41, 5.74) is 0.888. The molecule has 8 amide bonds. The van der Waals surface area contributed by atoms with E-state index in [0.29, 0.717) is 51.9 Å². The Balaban J connectivity index is 1.36. The van der Waals surface area contributed by atoms with Gasteiger partial charge < -0.3 is 51.5 Å². The number of carbonyl (C=O) groups excluding carboxylic acids is 8. The van der Waals surface area contributed by atoms with Crippen molar-refractivity contribution in [2.75, 3.05) is 66.5 Å². The lowest BCUT2D eigenvalue weighted by atomic mass is 9.85. The third-order valence-electron chi connectivity index (χ3n) is 13.8. The minimum Gasteiger partial charge on any atom is -0.347 e. The van der Waals surface area contributed by atoms with Crippen LogP contribution in [0.5, 0.6) is 0 Å². The number of benzene rings is 2. The molecule has 0 unspecified atom stereocenters. The van der Waals surface area contributed by atoms with Gasteiger partial charge in [0.2, 0.25) is 47.3 Å². The van der Waals surface area contributed by atoms with Crippen LogP contribution in [0.15, 0.2) is 60.7 Å². The molecule has 2 aliphatic rings. The monoisotopic (exact) mass is 1000 g/mol. The second kappa shape index (κ2) is 27.8. The van der Waals surface area contributed by atoms with Gasteiger partial charge in [0, 0.05) is 64.2 Å². The molecule has 18 heteroatoms. The minimum absolute atomic E-state index is 0.203. The molecule has 6 N–H and O–H groups in total. The van der Waals surface area contributed by atoms with Gasteiger partial charge in [0.1, 0.15) is 12.1 Å². The van der Waals surface area contributed by atoms with E-state index in [-0.39, 0.29) is 86.5 Å². The topological polar surface area (TPSA) is 222 Å². The Morgan fingerprint density at radius 3 is 1.24 bits per heavy atom. The molecule has 2 aromatic rings. The average molecular weight is 1000 g/mol. The first kappa shape index (κ1) is 58.7. The molecule has 4 rings (SSSR count). The maximum atomic E-state index is 14.2. The van der Waals surface area contributed by atoms with Gasteiger partial charge in [0.15, 0.2) is 0 Å². The molecule has 2 fully saturated rings. The summed E-state index contributed by atoms with van der Waals surface area (Å²) in [6.45, 7) is 16.4. The van der Waals surface area contributed by atoms with Gasteiger partial charge in [-0.1, -0.05) is 102 Å². The van der Waals surface area contributed by atoms with Gasteiger partial charge in [0.05, 0.1) is 25.2 Å². The SMILES string of the molecule is CN[C@@H](C)C(=O)N[C@H](C(=O)N1CCC[C@@H]1CN(CCc1ccccc1)C(=O)CNC(=O)CCC(=O)NCC(=O)N(CCc1ccccc1)C[C@@H]1CCCN1C(=O)[C@@H](NC(=O)[C@H](C)NC)C(C)(C)C)C(C)(C)C. The van der Waals surface area contributed by atoms with E-state index in [4.69, 9.17) is 0 Å². The average Bonchev–Trinajstić information content (AvgIpc) is 4.03. The number of hydrogen-bond acceptors (Lipinski definition) is 10. The fourth-order valence-electron chi connectivity index (χ4n) is 8.99. The summed E-state index contributed by atoms with van der Waals surface area (Å²) in [6, 6.07) is 16.3. The van der Waals surface area contributed by atoms with Gasteiger partial charge in [-0.2, -0.15) is 0 Å². The summed E-state index contributed by atoms with van der Waals surface area (Å²) in [5, 5.41) is 17.1. The zero-order valence-corrected chi connectivity index (χ0v) is 44.6. The van der Waals surface area contributed by atoms with E-state index in [0.717, 1.165) is 24.0 Å². The first-order chi connectivity index (χ1) is 34.0. The minimum atomic E-state index is -0.787. The van der Waals surface area contributed by atoms with Crippen molar-refractivity contribution < 1.29 is 38.4 Å². The number of nitrogens with zero attached hydrogens (tertiary/aromatic N) is 4. The molecule has 2 heterocycles. The molecule has 0 saturated carbocycles. The molecule has 0 bridgehead atoms. The fourth-order valence-corrected chi connectivity index (χ4v) is 8.99. The highest BCUT2D eigenvalue weighted by molar-refractivity contribution is 5.92. The van der Waals surface area contributed by atoms with Crippen molar-refractivity contribution in [3.8, 4) is 0 Å². The van der Waals surface area contributed by atoms with Crippen molar-refractivity contribution in [1.82, 2.24) is 51.5 Å². The molecule has 0 aliphatic carbocycles. The van der Waals surface area contributed by atoms with Crippen LogP contribution in [0.3, 0.4) is 0 Å². The summed E-state index contributed by atoms with van der Waals surface area (Å²) in [5.74, 6) is -2.66. The number of amides is 8. The molecular formula is C54H84N10O8. The molecular weight excluding hydrogens is 917 g/mol. The van der Waals surface area contributed by atoms with E-state index in [2.05, 4.69) is 31.9 Å². The van der Waals surface area contributed by atoms with Gasteiger partial charge >= 0.3 is 0 Å². The van der Waals surface area contributed by atoms with Crippen LogP contribution >= 0.6 is 0 Å². The molecule has 398 valence electrons. The van der Waals surface area contributed by atoms with Gasteiger partial charge in [-0.25, -0.2) is 0 Å². The summed E-state index contributed by atoms with van der Waals surface area (Å²) < 4.78 is 0. The van der Waals surface area contributed by atoms with Crippen molar-refractivity contribution in [1.29, 1.82) is 0 Å². The van der Waals surface area contributed by atoms with Crippen molar-refractivity contribution in [2.24, 2.45) is 10.8 Å². The molecule has 2 aliphatic heterocycles. The van der Waals surface area contributed by atoms with Gasteiger partial charge in [-0.15, -0.1) is 0 Å². The molecule has 18 nitrogen and oxygen atoms in total. The van der Waals surface area contributed by atoms with E-state index in [1.807, 2.05) is 102 Å². The van der Waals surface area contributed by atoms with Crippen LogP contribution in [0, 0.1) is 10.8 Å². The number of likely N-dealkylation sites (tertiary alicyclic amines) is 2. The molecule has 0 spiro atoms. The number of likely N-dealkylation sites (N-methyl/N-ethyl adjacent to an activating group) is 2. The molecule has 6 atom stereocenters. The van der Waals surface area contributed by atoms with E-state index >= 15 is 0 Å². The predicted octanol–water partition coefficient (Wildman–Crippen LogP) is 2.40. The van der Waals surface area contributed by atoms with Crippen LogP contribution in [-0.4, -0.2) is 170 Å². The van der Waals surface area contributed by atoms with Crippen LogP contribution in [-0.2, 0) is 51.2 Å². The van der Waals surface area contributed by atoms with Crippen LogP contribution in [0.4, 0.5) is 0 Å². The zero-order chi connectivity index (χ0) is 53.2. The van der Waals surface area contributed by atoms with E-state index in [1.54, 1.807) is 47.5 Å². The second-order valence-corrected chi connectivity index (χ2v) is 21.5. The molecule has 0 radical (unpaired) electrons. The van der Waals surface area contributed by atoms with Crippen molar-refractivity contribution in [3.05, 3.63) is 71.8 Å². The van der Waals surface area contributed by atoms with Crippen molar-refractivity contribution in [2.45, 2.75) is 143 Å². The van der Waals surface area contributed by atoms with E-state index < -0.39 is 46.8 Å². The standard InChI is InChI=1S/C54H84N10O8/c1-37(55-9)49(69)59-47(53(3,4)5)51(71)63-29-17-23-41(63)35-61(31-27-39-19-13-11-14-20-39)45(67)33-57-43(65)25-26-44(66)58-34-46(68)62(32-28-40-21-15-12-16-22-40)36-42-24-18-30-64(42)52(72)48(54(6,7)8)60-50(70)38(2)56-10/h11-16,19-22,37-38,41-42,47-48,55-56H,17-18,23-36H2,1-10H3,(H,57,65)(H,58,66)(H,59,69)(H,60,70)/t37-,38-,41-,42+,47+,48+/m0/s1. The number of carbonyl (C=O) groups is 8. The lowest BCUT2D eigenvalue weighted by Gasteiger charge is -2.37. The predicted molar refractivity (Wildman–Crippen MR) is 278 cm³/mol.